The Morgan fingerprint density at radius 2 is 1.24 bits per heavy atom. The van der Waals surface area contributed by atoms with Gasteiger partial charge in [-0.05, 0) is 35.0 Å². The van der Waals surface area contributed by atoms with Crippen molar-refractivity contribution >= 4 is 29.1 Å². The van der Waals surface area contributed by atoms with Crippen LogP contribution in [-0.2, 0) is 21.1 Å². The summed E-state index contributed by atoms with van der Waals surface area (Å²) in [5, 5.41) is 0. The van der Waals surface area contributed by atoms with Crippen LogP contribution >= 0.6 is 0 Å². The summed E-state index contributed by atoms with van der Waals surface area (Å²) in [4.78, 5) is 11.4. The number of benzene rings is 4. The predicted octanol–water partition coefficient (Wildman–Crippen LogP) is 5.91. The molecule has 0 spiro atoms. The van der Waals surface area contributed by atoms with E-state index in [4.69, 9.17) is 4.42 Å². The number of aromatic nitrogens is 2. The zero-order chi connectivity index (χ0) is 24.3. The first-order valence-corrected chi connectivity index (χ1v) is 12.3. The largest absolute Gasteiger partial charge is 2.00 e. The molecule has 0 unspecified atom stereocenters. The number of hydrogen-bond donors (Lipinski definition) is 0. The molecule has 0 N–H and O–H groups in total. The number of anilines is 2. The normalized spacial score (nSPS) is 12.4. The molecule has 0 amide bonds. The van der Waals surface area contributed by atoms with Crippen molar-refractivity contribution in [1.29, 1.82) is 0 Å². The smallest absolute Gasteiger partial charge is 0.489 e. The summed E-state index contributed by atoms with van der Waals surface area (Å²) in [5.74, 6) is 0.566. The molecule has 2 aromatic heterocycles. The van der Waals surface area contributed by atoms with Crippen LogP contribution in [0.2, 0.25) is 0 Å². The average Bonchev–Trinajstić information content (AvgIpc) is 3.52. The van der Waals surface area contributed by atoms with Crippen molar-refractivity contribution in [1.82, 2.24) is 9.97 Å². The van der Waals surface area contributed by atoms with E-state index in [1.165, 1.54) is 28.1 Å². The fourth-order valence-electron chi connectivity index (χ4n) is 5.71. The standard InChI is InChI=1S/C32H18BN3O.Pt/c1-3-10-30-25(7-1)23-14-12-21(29-9-5-6-16-34-29)19-27(23)33-28-20-22(32-35-17-18-37-32)13-15-24(28)26-8-2-4-11-31(26)36(30)33;/h1-18H;/q-2;+2. The van der Waals surface area contributed by atoms with Crippen LogP contribution in [0.1, 0.15) is 0 Å². The number of rotatable bonds is 2. The minimum Gasteiger partial charge on any atom is -0.489 e. The molecule has 4 aromatic carbocycles. The third-order valence-corrected chi connectivity index (χ3v) is 7.27. The molecular formula is C32H18BN3OPt. The second-order valence-electron chi connectivity index (χ2n) is 9.26. The van der Waals surface area contributed by atoms with Gasteiger partial charge in [-0.3, -0.25) is 4.98 Å². The molecule has 180 valence electrons. The summed E-state index contributed by atoms with van der Waals surface area (Å²) < 4.78 is 5.65. The van der Waals surface area contributed by atoms with Crippen LogP contribution in [0.15, 0.2) is 114 Å². The summed E-state index contributed by atoms with van der Waals surface area (Å²) in [6.07, 6.45) is 5.10. The number of oxazole rings is 1. The van der Waals surface area contributed by atoms with E-state index in [-0.39, 0.29) is 27.9 Å². The molecule has 0 fully saturated rings. The molecule has 0 atom stereocenters. The maximum absolute atomic E-state index is 5.65. The van der Waals surface area contributed by atoms with Crippen LogP contribution in [0.5, 0.6) is 0 Å². The van der Waals surface area contributed by atoms with Gasteiger partial charge in [-0.1, -0.05) is 54.1 Å². The van der Waals surface area contributed by atoms with E-state index >= 15 is 0 Å². The Hall–Kier alpha value is -4.21. The van der Waals surface area contributed by atoms with Crippen LogP contribution in [0, 0.1) is 12.1 Å². The molecule has 0 saturated carbocycles. The van der Waals surface area contributed by atoms with Gasteiger partial charge in [0.15, 0.2) is 0 Å². The molecule has 0 saturated heterocycles. The second-order valence-corrected chi connectivity index (χ2v) is 9.26. The Kier molecular flexibility index (Phi) is 5.42. The van der Waals surface area contributed by atoms with E-state index in [0.717, 1.165) is 33.3 Å². The molecule has 0 radical (unpaired) electrons. The summed E-state index contributed by atoms with van der Waals surface area (Å²) >= 11 is 0. The van der Waals surface area contributed by atoms with Gasteiger partial charge < -0.3 is 14.2 Å². The van der Waals surface area contributed by atoms with Crippen LogP contribution in [0.4, 0.5) is 11.4 Å². The third kappa shape index (κ3) is 3.35. The molecule has 2 aliphatic heterocycles. The first-order valence-electron chi connectivity index (χ1n) is 12.3. The van der Waals surface area contributed by atoms with Crippen LogP contribution in [0.3, 0.4) is 0 Å². The van der Waals surface area contributed by atoms with Crippen molar-refractivity contribution in [3.63, 3.8) is 0 Å². The maximum Gasteiger partial charge on any atom is 2.00 e. The quantitative estimate of drug-likeness (QED) is 0.171. The number of para-hydroxylation sites is 2. The van der Waals surface area contributed by atoms with Crippen molar-refractivity contribution in [2.45, 2.75) is 0 Å². The van der Waals surface area contributed by atoms with Gasteiger partial charge >= 0.3 is 21.1 Å². The monoisotopic (exact) mass is 666 g/mol. The van der Waals surface area contributed by atoms with Crippen LogP contribution in [-0.4, -0.2) is 16.8 Å². The number of nitrogens with zero attached hydrogens (tertiary/aromatic N) is 3. The summed E-state index contributed by atoms with van der Waals surface area (Å²) in [6.45, 7) is -0.117. The Morgan fingerprint density at radius 1 is 0.605 bits per heavy atom. The van der Waals surface area contributed by atoms with Gasteiger partial charge in [0.2, 0.25) is 0 Å². The Morgan fingerprint density at radius 3 is 1.87 bits per heavy atom. The molecule has 6 aromatic rings. The summed E-state index contributed by atoms with van der Waals surface area (Å²) in [5.41, 5.74) is 12.0. The zero-order valence-electron chi connectivity index (χ0n) is 20.0. The van der Waals surface area contributed by atoms with Crippen molar-refractivity contribution in [2.75, 3.05) is 4.81 Å². The molecular weight excluding hydrogens is 648 g/mol. The summed E-state index contributed by atoms with van der Waals surface area (Å²) in [6, 6.07) is 39.2. The van der Waals surface area contributed by atoms with E-state index < -0.39 is 0 Å². The van der Waals surface area contributed by atoms with Gasteiger partial charge in [-0.25, -0.2) is 0 Å². The van der Waals surface area contributed by atoms with Crippen molar-refractivity contribution in [2.24, 2.45) is 0 Å². The Bertz CT molecular complexity index is 1800. The van der Waals surface area contributed by atoms with Crippen LogP contribution < -0.4 is 15.7 Å². The third-order valence-electron chi connectivity index (χ3n) is 7.27. The minimum atomic E-state index is -0.117. The van der Waals surface area contributed by atoms with Gasteiger partial charge in [-0.2, -0.15) is 0 Å². The van der Waals surface area contributed by atoms with Crippen molar-refractivity contribution < 1.29 is 25.5 Å². The van der Waals surface area contributed by atoms with Gasteiger partial charge in [0.05, 0.1) is 12.5 Å². The van der Waals surface area contributed by atoms with Gasteiger partial charge in [0.25, 0.3) is 6.85 Å². The molecule has 4 heterocycles. The van der Waals surface area contributed by atoms with Crippen molar-refractivity contribution in [3.8, 4) is 45.0 Å². The second kappa shape index (κ2) is 8.97. The van der Waals surface area contributed by atoms with Gasteiger partial charge in [0, 0.05) is 17.6 Å². The number of fused-ring (bicyclic) bond motifs is 11. The molecule has 0 aliphatic carbocycles. The fraction of sp³-hybridized carbons (Fsp3) is 0. The average molecular weight is 666 g/mol. The predicted molar refractivity (Wildman–Crippen MR) is 147 cm³/mol. The fourth-order valence-corrected chi connectivity index (χ4v) is 5.71. The Balaban J connectivity index is 0.00000242. The van der Waals surface area contributed by atoms with E-state index in [2.05, 4.69) is 93.6 Å². The molecule has 8 rings (SSSR count). The Labute approximate surface area is 235 Å². The van der Waals surface area contributed by atoms with Gasteiger partial charge in [-0.15, -0.1) is 64.0 Å². The van der Waals surface area contributed by atoms with Gasteiger partial charge in [0.1, 0.15) is 5.89 Å². The minimum absolute atomic E-state index is 0. The summed E-state index contributed by atoms with van der Waals surface area (Å²) in [7, 11) is 0. The SMILES string of the molecule is [Pt+2].[c-]1c(-c2ccccn2)ccc2c1B1c3[c-]c(-c4ncco4)ccc3-c3ccccc3N1c1ccccc1-2. The molecule has 0 bridgehead atoms. The van der Waals surface area contributed by atoms with Crippen molar-refractivity contribution in [3.05, 3.63) is 122 Å². The van der Waals surface area contributed by atoms with Crippen LogP contribution in [0.25, 0.3) is 45.0 Å². The molecule has 6 heteroatoms. The first-order chi connectivity index (χ1) is 18.4. The molecule has 4 nitrogen and oxygen atoms in total. The topological polar surface area (TPSA) is 42.2 Å². The van der Waals surface area contributed by atoms with E-state index in [1.54, 1.807) is 12.5 Å². The van der Waals surface area contributed by atoms with E-state index in [9.17, 15) is 0 Å². The molecule has 2 aliphatic rings. The molecule has 38 heavy (non-hydrogen) atoms. The maximum atomic E-state index is 5.65. The zero-order valence-corrected chi connectivity index (χ0v) is 22.3. The number of pyridine rings is 1. The first kappa shape index (κ1) is 22.9. The number of hydrogen-bond acceptors (Lipinski definition) is 4. The van der Waals surface area contributed by atoms with E-state index in [1.807, 2.05) is 30.5 Å². The van der Waals surface area contributed by atoms with E-state index in [0.29, 0.717) is 5.89 Å².